The Labute approximate surface area is 91.6 Å². The van der Waals surface area contributed by atoms with Crippen molar-refractivity contribution in [2.75, 3.05) is 11.5 Å². The van der Waals surface area contributed by atoms with E-state index in [-0.39, 0.29) is 5.12 Å². The lowest BCUT2D eigenvalue weighted by Gasteiger charge is -1.98. The molecule has 0 amide bonds. The van der Waals surface area contributed by atoms with E-state index in [1.54, 1.807) is 12.2 Å². The van der Waals surface area contributed by atoms with Crippen molar-refractivity contribution in [3.63, 3.8) is 0 Å². The van der Waals surface area contributed by atoms with E-state index in [9.17, 15) is 9.18 Å². The normalized spacial score (nSPS) is 10.8. The molecular weight excluding hydrogens is 215 g/mol. The number of halogens is 1. The molecule has 0 bridgehead atoms. The maximum absolute atomic E-state index is 12.7. The summed E-state index contributed by atoms with van der Waals surface area (Å²) in [6, 6.07) is 2.66. The van der Waals surface area contributed by atoms with Crippen molar-refractivity contribution < 1.29 is 9.18 Å². The number of nitrogens with two attached hydrogens (primary N) is 1. The number of pyridine rings is 1. The van der Waals surface area contributed by atoms with Crippen LogP contribution in [0.2, 0.25) is 0 Å². The molecule has 1 heterocycles. The van der Waals surface area contributed by atoms with Crippen LogP contribution in [0.1, 0.15) is 12.6 Å². The monoisotopic (exact) mass is 226 g/mol. The number of rotatable bonds is 3. The third-order valence-corrected chi connectivity index (χ3v) is 2.35. The van der Waals surface area contributed by atoms with Crippen LogP contribution in [0.3, 0.4) is 0 Å². The Morgan fingerprint density at radius 2 is 2.40 bits per heavy atom. The Hall–Kier alpha value is -1.36. The number of thioether (sulfide) groups is 1. The van der Waals surface area contributed by atoms with Gasteiger partial charge in [0.15, 0.2) is 5.12 Å². The number of nitrogens with zero attached hydrogens (tertiary/aromatic N) is 1. The van der Waals surface area contributed by atoms with E-state index >= 15 is 0 Å². The molecule has 1 aromatic heterocycles. The van der Waals surface area contributed by atoms with E-state index in [4.69, 9.17) is 5.73 Å². The van der Waals surface area contributed by atoms with Crippen molar-refractivity contribution in [2.24, 2.45) is 0 Å². The van der Waals surface area contributed by atoms with Gasteiger partial charge in [0.25, 0.3) is 0 Å². The van der Waals surface area contributed by atoms with Gasteiger partial charge in [-0.15, -0.1) is 0 Å². The smallest absolute Gasteiger partial charge is 0.213 e. The quantitative estimate of drug-likeness (QED) is 0.802. The molecule has 3 nitrogen and oxygen atoms in total. The van der Waals surface area contributed by atoms with E-state index in [0.29, 0.717) is 17.1 Å². The second-order valence-corrected chi connectivity index (χ2v) is 4.01. The SMILES string of the molecule is CC(=O)SCC=Cc1nc(F)ccc1N. The minimum Gasteiger partial charge on any atom is -0.397 e. The van der Waals surface area contributed by atoms with Gasteiger partial charge in [-0.05, 0) is 18.2 Å². The molecule has 0 spiro atoms. The van der Waals surface area contributed by atoms with Gasteiger partial charge in [0.1, 0.15) is 0 Å². The summed E-state index contributed by atoms with van der Waals surface area (Å²) in [5.74, 6) is -0.0319. The van der Waals surface area contributed by atoms with Crippen molar-refractivity contribution >= 4 is 28.6 Å². The Balaban J connectivity index is 2.63. The first-order valence-corrected chi connectivity index (χ1v) is 5.30. The van der Waals surface area contributed by atoms with Crippen LogP contribution in [0.5, 0.6) is 0 Å². The van der Waals surface area contributed by atoms with Gasteiger partial charge in [-0.25, -0.2) is 4.98 Å². The molecule has 1 rings (SSSR count). The second kappa shape index (κ2) is 5.50. The highest BCUT2D eigenvalue weighted by molar-refractivity contribution is 8.13. The molecular formula is C10H11FN2OS. The Bertz CT molecular complexity index is 393. The predicted octanol–water partition coefficient (Wildman–Crippen LogP) is 2.10. The van der Waals surface area contributed by atoms with Crippen LogP contribution < -0.4 is 5.73 Å². The molecule has 0 radical (unpaired) electrons. The highest BCUT2D eigenvalue weighted by atomic mass is 32.2. The van der Waals surface area contributed by atoms with Crippen LogP contribution in [0.15, 0.2) is 18.2 Å². The van der Waals surface area contributed by atoms with Crippen LogP contribution in [0, 0.1) is 5.95 Å². The maximum Gasteiger partial charge on any atom is 0.213 e. The molecule has 0 aliphatic carbocycles. The molecule has 0 saturated heterocycles. The summed E-state index contributed by atoms with van der Waals surface area (Å²) in [6.45, 7) is 1.49. The minimum absolute atomic E-state index is 0.0415. The van der Waals surface area contributed by atoms with Gasteiger partial charge in [-0.3, -0.25) is 4.79 Å². The Kier molecular flexibility index (Phi) is 4.30. The highest BCUT2D eigenvalue weighted by Gasteiger charge is 1.98. The third-order valence-electron chi connectivity index (χ3n) is 1.58. The maximum atomic E-state index is 12.7. The van der Waals surface area contributed by atoms with Crippen molar-refractivity contribution in [3.05, 3.63) is 29.9 Å². The number of nitrogen functional groups attached to an aromatic ring is 1. The van der Waals surface area contributed by atoms with Gasteiger partial charge in [-0.1, -0.05) is 17.8 Å². The van der Waals surface area contributed by atoms with E-state index in [0.717, 1.165) is 0 Å². The van der Waals surface area contributed by atoms with E-state index < -0.39 is 5.95 Å². The fourth-order valence-electron chi connectivity index (χ4n) is 0.920. The lowest BCUT2D eigenvalue weighted by molar-refractivity contribution is -0.109. The number of hydrogen-bond acceptors (Lipinski definition) is 4. The van der Waals surface area contributed by atoms with Crippen LogP contribution >= 0.6 is 11.8 Å². The molecule has 0 saturated carbocycles. The van der Waals surface area contributed by atoms with Crippen LogP contribution in [-0.2, 0) is 4.79 Å². The second-order valence-electron chi connectivity index (χ2n) is 2.81. The zero-order chi connectivity index (χ0) is 11.3. The molecule has 0 atom stereocenters. The summed E-state index contributed by atoms with van der Waals surface area (Å²) < 4.78 is 12.7. The summed E-state index contributed by atoms with van der Waals surface area (Å²) in [7, 11) is 0. The predicted molar refractivity (Wildman–Crippen MR) is 60.8 cm³/mol. The molecule has 0 aromatic carbocycles. The first kappa shape index (κ1) is 11.7. The highest BCUT2D eigenvalue weighted by Crippen LogP contribution is 2.11. The topological polar surface area (TPSA) is 56.0 Å². The zero-order valence-corrected chi connectivity index (χ0v) is 9.05. The van der Waals surface area contributed by atoms with Gasteiger partial charge in [0.05, 0.1) is 11.4 Å². The molecule has 0 fully saturated rings. The molecule has 2 N–H and O–H groups in total. The lowest BCUT2D eigenvalue weighted by atomic mass is 10.3. The van der Waals surface area contributed by atoms with Gasteiger partial charge in [0.2, 0.25) is 5.95 Å². The zero-order valence-electron chi connectivity index (χ0n) is 8.24. The Morgan fingerprint density at radius 3 is 3.07 bits per heavy atom. The molecule has 0 unspecified atom stereocenters. The largest absolute Gasteiger partial charge is 0.397 e. The molecule has 15 heavy (non-hydrogen) atoms. The first-order chi connectivity index (χ1) is 7.09. The molecule has 80 valence electrons. The fourth-order valence-corrected chi connectivity index (χ4v) is 1.35. The third kappa shape index (κ3) is 4.12. The molecule has 5 heteroatoms. The summed E-state index contributed by atoms with van der Waals surface area (Å²) in [6.07, 6.45) is 3.33. The average Bonchev–Trinajstić information content (AvgIpc) is 2.17. The standard InChI is InChI=1S/C10H11FN2OS/c1-7(14)15-6-2-3-9-8(12)4-5-10(11)13-9/h2-5H,6,12H2,1H3. The fraction of sp³-hybridized carbons (Fsp3) is 0.200. The average molecular weight is 226 g/mol. The van der Waals surface area contributed by atoms with E-state index in [1.807, 2.05) is 0 Å². The summed E-state index contributed by atoms with van der Waals surface area (Å²) in [4.78, 5) is 14.2. The molecule has 0 aliphatic heterocycles. The van der Waals surface area contributed by atoms with Gasteiger partial charge in [0, 0.05) is 12.7 Å². The van der Waals surface area contributed by atoms with Gasteiger partial charge < -0.3 is 5.73 Å². The number of aromatic nitrogens is 1. The number of anilines is 1. The minimum atomic E-state index is -0.567. The van der Waals surface area contributed by atoms with Gasteiger partial charge >= 0.3 is 0 Å². The number of carbonyl (C=O) groups is 1. The molecule has 1 aromatic rings. The van der Waals surface area contributed by atoms with Crippen LogP contribution in [-0.4, -0.2) is 15.9 Å². The van der Waals surface area contributed by atoms with Crippen LogP contribution in [0.4, 0.5) is 10.1 Å². The summed E-state index contributed by atoms with van der Waals surface area (Å²) in [5.41, 5.74) is 6.38. The van der Waals surface area contributed by atoms with E-state index in [1.165, 1.54) is 30.8 Å². The van der Waals surface area contributed by atoms with Crippen molar-refractivity contribution in [1.29, 1.82) is 0 Å². The summed E-state index contributed by atoms with van der Waals surface area (Å²) >= 11 is 1.17. The van der Waals surface area contributed by atoms with Crippen molar-refractivity contribution in [2.45, 2.75) is 6.92 Å². The van der Waals surface area contributed by atoms with Crippen LogP contribution in [0.25, 0.3) is 6.08 Å². The van der Waals surface area contributed by atoms with Crippen molar-refractivity contribution in [3.8, 4) is 0 Å². The first-order valence-electron chi connectivity index (χ1n) is 4.31. The summed E-state index contributed by atoms with van der Waals surface area (Å²) in [5, 5.41) is 0.0415. The Morgan fingerprint density at radius 1 is 1.67 bits per heavy atom. The number of carbonyl (C=O) groups excluding carboxylic acids is 1. The van der Waals surface area contributed by atoms with E-state index in [2.05, 4.69) is 4.98 Å². The van der Waals surface area contributed by atoms with Crippen molar-refractivity contribution in [1.82, 2.24) is 4.98 Å². The lowest BCUT2D eigenvalue weighted by Crippen LogP contribution is -1.94. The van der Waals surface area contributed by atoms with Gasteiger partial charge in [-0.2, -0.15) is 4.39 Å². The molecule has 0 aliphatic rings. The number of hydrogen-bond donors (Lipinski definition) is 1.